The lowest BCUT2D eigenvalue weighted by Gasteiger charge is -2.29. The van der Waals surface area contributed by atoms with Crippen LogP contribution in [0.25, 0.3) is 0 Å². The first kappa shape index (κ1) is 18.7. The zero-order chi connectivity index (χ0) is 17.2. The van der Waals surface area contributed by atoms with E-state index in [1.54, 1.807) is 7.11 Å². The average molecular weight is 334 g/mol. The standard InChI is InChI=1S/C19H30N2O3/c1-24-14-18(22)11-12-20-19(23)21-13-15-7-9-17(10-8-15)16-5-3-2-4-6-16/h2-6,15,17-18,22H,7-14H2,1H3,(H2,20,21,23). The van der Waals surface area contributed by atoms with Crippen LogP contribution in [0.2, 0.25) is 0 Å². The van der Waals surface area contributed by atoms with Gasteiger partial charge in [-0.15, -0.1) is 0 Å². The van der Waals surface area contributed by atoms with Gasteiger partial charge in [-0.3, -0.25) is 0 Å². The molecule has 3 N–H and O–H groups in total. The summed E-state index contributed by atoms with van der Waals surface area (Å²) in [5, 5.41) is 15.2. The lowest BCUT2D eigenvalue weighted by atomic mass is 9.79. The Bertz CT molecular complexity index is 473. The number of hydrogen-bond donors (Lipinski definition) is 3. The Hall–Kier alpha value is -1.59. The van der Waals surface area contributed by atoms with Crippen molar-refractivity contribution in [3.05, 3.63) is 35.9 Å². The molecule has 0 spiro atoms. The van der Waals surface area contributed by atoms with Gasteiger partial charge in [0.2, 0.25) is 0 Å². The highest BCUT2D eigenvalue weighted by molar-refractivity contribution is 5.73. The van der Waals surface area contributed by atoms with Crippen LogP contribution < -0.4 is 10.6 Å². The minimum atomic E-state index is -0.524. The van der Waals surface area contributed by atoms with E-state index in [-0.39, 0.29) is 6.03 Å². The molecular weight excluding hydrogens is 304 g/mol. The molecule has 1 aromatic carbocycles. The van der Waals surface area contributed by atoms with Gasteiger partial charge in [0.05, 0.1) is 12.7 Å². The first-order valence-corrected chi connectivity index (χ1v) is 8.92. The van der Waals surface area contributed by atoms with Gasteiger partial charge in [-0.25, -0.2) is 4.79 Å². The van der Waals surface area contributed by atoms with Crippen molar-refractivity contribution in [2.24, 2.45) is 5.92 Å². The Balaban J connectivity index is 1.58. The minimum Gasteiger partial charge on any atom is -0.391 e. The fourth-order valence-corrected chi connectivity index (χ4v) is 3.35. The average Bonchev–Trinajstić information content (AvgIpc) is 2.61. The Kier molecular flexibility index (Phi) is 8.05. The number of amides is 2. The molecule has 134 valence electrons. The van der Waals surface area contributed by atoms with E-state index in [1.807, 2.05) is 0 Å². The monoisotopic (exact) mass is 334 g/mol. The molecule has 1 fully saturated rings. The number of rotatable bonds is 8. The van der Waals surface area contributed by atoms with Crippen molar-refractivity contribution in [3.8, 4) is 0 Å². The Morgan fingerprint density at radius 1 is 1.21 bits per heavy atom. The van der Waals surface area contributed by atoms with Gasteiger partial charge in [0, 0.05) is 20.2 Å². The lowest BCUT2D eigenvalue weighted by molar-refractivity contribution is 0.0598. The van der Waals surface area contributed by atoms with Gasteiger partial charge in [0.15, 0.2) is 0 Å². The largest absolute Gasteiger partial charge is 0.391 e. The fraction of sp³-hybridized carbons (Fsp3) is 0.632. The van der Waals surface area contributed by atoms with Gasteiger partial charge in [0.25, 0.3) is 0 Å². The molecule has 0 saturated heterocycles. The molecule has 1 saturated carbocycles. The second-order valence-corrected chi connectivity index (χ2v) is 6.66. The highest BCUT2D eigenvalue weighted by atomic mass is 16.5. The van der Waals surface area contributed by atoms with Crippen LogP contribution in [0.15, 0.2) is 30.3 Å². The van der Waals surface area contributed by atoms with Crippen molar-refractivity contribution in [1.29, 1.82) is 0 Å². The van der Waals surface area contributed by atoms with E-state index in [1.165, 1.54) is 18.4 Å². The maximum absolute atomic E-state index is 11.8. The normalized spacial score (nSPS) is 21.9. The summed E-state index contributed by atoms with van der Waals surface area (Å²) in [5.74, 6) is 1.23. The number of ether oxygens (including phenoxy) is 1. The van der Waals surface area contributed by atoms with E-state index in [2.05, 4.69) is 41.0 Å². The highest BCUT2D eigenvalue weighted by Crippen LogP contribution is 2.35. The van der Waals surface area contributed by atoms with Crippen molar-refractivity contribution in [3.63, 3.8) is 0 Å². The number of benzene rings is 1. The summed E-state index contributed by atoms with van der Waals surface area (Å²) in [7, 11) is 1.55. The van der Waals surface area contributed by atoms with Gasteiger partial charge in [-0.2, -0.15) is 0 Å². The molecule has 0 heterocycles. The zero-order valence-electron chi connectivity index (χ0n) is 14.5. The van der Waals surface area contributed by atoms with Crippen LogP contribution in [0.4, 0.5) is 4.79 Å². The molecule has 2 amide bonds. The Morgan fingerprint density at radius 2 is 1.92 bits per heavy atom. The topological polar surface area (TPSA) is 70.6 Å². The number of methoxy groups -OCH3 is 1. The molecule has 1 aromatic rings. The van der Waals surface area contributed by atoms with Crippen molar-refractivity contribution >= 4 is 6.03 Å². The third-order valence-electron chi connectivity index (χ3n) is 4.79. The quantitative estimate of drug-likeness (QED) is 0.684. The van der Waals surface area contributed by atoms with E-state index in [4.69, 9.17) is 4.74 Å². The van der Waals surface area contributed by atoms with Crippen molar-refractivity contribution in [2.45, 2.75) is 44.1 Å². The number of carbonyl (C=O) groups excluding carboxylic acids is 1. The second-order valence-electron chi connectivity index (χ2n) is 6.66. The summed E-state index contributed by atoms with van der Waals surface area (Å²) in [5.41, 5.74) is 1.44. The molecule has 1 aliphatic rings. The van der Waals surface area contributed by atoms with Crippen molar-refractivity contribution in [1.82, 2.24) is 10.6 Å². The third kappa shape index (κ3) is 6.49. The molecule has 2 rings (SSSR count). The number of aliphatic hydroxyl groups is 1. The van der Waals surface area contributed by atoms with Crippen LogP contribution in [0.1, 0.15) is 43.6 Å². The molecule has 0 aromatic heterocycles. The van der Waals surface area contributed by atoms with Gasteiger partial charge >= 0.3 is 6.03 Å². The van der Waals surface area contributed by atoms with E-state index in [9.17, 15) is 9.90 Å². The van der Waals surface area contributed by atoms with Crippen LogP contribution in [0, 0.1) is 5.92 Å². The molecular formula is C19H30N2O3. The summed E-state index contributed by atoms with van der Waals surface area (Å²) in [6, 6.07) is 10.6. The number of carbonyl (C=O) groups is 1. The van der Waals surface area contributed by atoms with Crippen LogP contribution >= 0.6 is 0 Å². The molecule has 24 heavy (non-hydrogen) atoms. The fourth-order valence-electron chi connectivity index (χ4n) is 3.35. The smallest absolute Gasteiger partial charge is 0.314 e. The number of hydrogen-bond acceptors (Lipinski definition) is 3. The third-order valence-corrected chi connectivity index (χ3v) is 4.79. The molecule has 5 nitrogen and oxygen atoms in total. The van der Waals surface area contributed by atoms with E-state index in [0.29, 0.717) is 31.4 Å². The molecule has 0 aliphatic heterocycles. The van der Waals surface area contributed by atoms with Crippen LogP contribution in [0.3, 0.4) is 0 Å². The number of nitrogens with one attached hydrogen (secondary N) is 2. The molecule has 0 bridgehead atoms. The van der Waals surface area contributed by atoms with Crippen LogP contribution in [0.5, 0.6) is 0 Å². The molecule has 0 radical (unpaired) electrons. The Morgan fingerprint density at radius 3 is 2.58 bits per heavy atom. The first-order chi connectivity index (χ1) is 11.7. The summed E-state index contributed by atoms with van der Waals surface area (Å²) in [6.45, 7) is 1.49. The van der Waals surface area contributed by atoms with Gasteiger partial charge in [-0.1, -0.05) is 30.3 Å². The van der Waals surface area contributed by atoms with Crippen LogP contribution in [-0.4, -0.2) is 44.0 Å². The minimum absolute atomic E-state index is 0.148. The highest BCUT2D eigenvalue weighted by Gasteiger charge is 2.22. The summed E-state index contributed by atoms with van der Waals surface area (Å²) < 4.78 is 4.85. The van der Waals surface area contributed by atoms with E-state index in [0.717, 1.165) is 19.4 Å². The molecule has 1 aliphatic carbocycles. The van der Waals surface area contributed by atoms with Crippen molar-refractivity contribution in [2.75, 3.05) is 26.8 Å². The van der Waals surface area contributed by atoms with Crippen molar-refractivity contribution < 1.29 is 14.6 Å². The summed E-state index contributed by atoms with van der Waals surface area (Å²) in [4.78, 5) is 11.8. The van der Waals surface area contributed by atoms with Crippen LogP contribution in [-0.2, 0) is 4.74 Å². The maximum atomic E-state index is 11.8. The predicted molar refractivity (Wildman–Crippen MR) is 95.0 cm³/mol. The Labute approximate surface area is 144 Å². The SMILES string of the molecule is COCC(O)CCNC(=O)NCC1CCC(c2ccccc2)CC1. The molecule has 1 unspecified atom stereocenters. The lowest BCUT2D eigenvalue weighted by Crippen LogP contribution is -2.40. The summed E-state index contributed by atoms with van der Waals surface area (Å²) in [6.07, 6.45) is 4.69. The van der Waals surface area contributed by atoms with Gasteiger partial charge < -0.3 is 20.5 Å². The number of urea groups is 1. The predicted octanol–water partition coefficient (Wildman–Crippen LogP) is 2.66. The van der Waals surface area contributed by atoms with Gasteiger partial charge in [0.1, 0.15) is 0 Å². The molecule has 1 atom stereocenters. The zero-order valence-corrected chi connectivity index (χ0v) is 14.5. The molecule has 5 heteroatoms. The van der Waals surface area contributed by atoms with Gasteiger partial charge in [-0.05, 0) is 49.5 Å². The number of aliphatic hydroxyl groups excluding tert-OH is 1. The first-order valence-electron chi connectivity index (χ1n) is 8.92. The second kappa shape index (κ2) is 10.3. The maximum Gasteiger partial charge on any atom is 0.314 e. The summed E-state index contributed by atoms with van der Waals surface area (Å²) >= 11 is 0. The van der Waals surface area contributed by atoms with E-state index < -0.39 is 6.10 Å². The van der Waals surface area contributed by atoms with E-state index >= 15 is 0 Å².